The number of hydrogen-bond acceptors (Lipinski definition) is 3. The van der Waals surface area contributed by atoms with Crippen LogP contribution in [-0.2, 0) is 0 Å². The molecule has 0 fully saturated rings. The van der Waals surface area contributed by atoms with Gasteiger partial charge in [-0.2, -0.15) is 0 Å². The largest absolute Gasteiger partial charge is 0.493 e. The Bertz CT molecular complexity index is 421. The second-order valence-corrected chi connectivity index (χ2v) is 4.47. The molecule has 1 N–H and O–H groups in total. The van der Waals surface area contributed by atoms with Crippen LogP contribution in [-0.4, -0.2) is 20.8 Å². The van der Waals surface area contributed by atoms with Gasteiger partial charge < -0.3 is 14.8 Å². The highest BCUT2D eigenvalue weighted by Crippen LogP contribution is 2.30. The molecule has 0 aliphatic rings. The van der Waals surface area contributed by atoms with Crippen LogP contribution in [0.25, 0.3) is 0 Å². The predicted molar refractivity (Wildman–Crippen MR) is 75.8 cm³/mol. The maximum Gasteiger partial charge on any atom is 0.161 e. The molecule has 0 bridgehead atoms. The summed E-state index contributed by atoms with van der Waals surface area (Å²) in [5.41, 5.74) is 2.41. The smallest absolute Gasteiger partial charge is 0.161 e. The molecule has 1 aromatic rings. The molecule has 0 aromatic heterocycles. The lowest BCUT2D eigenvalue weighted by Crippen LogP contribution is -2.12. The van der Waals surface area contributed by atoms with Gasteiger partial charge in [0.25, 0.3) is 0 Å². The molecule has 5 heteroatoms. The minimum Gasteiger partial charge on any atom is -0.493 e. The molecule has 0 spiro atoms. The maximum absolute atomic E-state index is 5.77. The third-order valence-electron chi connectivity index (χ3n) is 2.60. The van der Waals surface area contributed by atoms with Crippen molar-refractivity contribution in [3.8, 4) is 11.5 Å². The van der Waals surface area contributed by atoms with Gasteiger partial charge in [0.1, 0.15) is 6.61 Å². The summed E-state index contributed by atoms with van der Waals surface area (Å²) >= 11 is 11.2. The fourth-order valence-electron chi connectivity index (χ4n) is 1.42. The number of benzene rings is 1. The lowest BCUT2D eigenvalue weighted by molar-refractivity contribution is 0.323. The molecule has 100 valence electrons. The van der Waals surface area contributed by atoms with Crippen molar-refractivity contribution in [3.63, 3.8) is 0 Å². The number of halogens is 2. The molecule has 3 nitrogen and oxygen atoms in total. The van der Waals surface area contributed by atoms with Crippen molar-refractivity contribution in [1.29, 1.82) is 0 Å². The average molecular weight is 290 g/mol. The number of rotatable bonds is 6. The van der Waals surface area contributed by atoms with Gasteiger partial charge in [-0.05, 0) is 31.7 Å². The Morgan fingerprint density at radius 3 is 2.72 bits per heavy atom. The van der Waals surface area contributed by atoms with Crippen LogP contribution >= 0.6 is 23.2 Å². The summed E-state index contributed by atoms with van der Waals surface area (Å²) in [6, 6.07) is 6.03. The summed E-state index contributed by atoms with van der Waals surface area (Å²) in [6.07, 6.45) is 0. The van der Waals surface area contributed by atoms with E-state index < -0.39 is 0 Å². The van der Waals surface area contributed by atoms with Crippen molar-refractivity contribution in [3.05, 3.63) is 34.3 Å². The molecule has 0 radical (unpaired) electrons. The molecule has 1 atom stereocenters. The first-order valence-electron chi connectivity index (χ1n) is 5.55. The molecular weight excluding hydrogens is 273 g/mol. The Hall–Kier alpha value is -0.900. The number of hydrogen-bond donors (Lipinski definition) is 1. The highest BCUT2D eigenvalue weighted by molar-refractivity contribution is 6.36. The lowest BCUT2D eigenvalue weighted by Gasteiger charge is -2.15. The molecule has 18 heavy (non-hydrogen) atoms. The number of methoxy groups -OCH3 is 1. The Labute approximate surface area is 118 Å². The third-order valence-corrected chi connectivity index (χ3v) is 3.20. The SMILES string of the molecule is CNC(C)c1ccc(OCC(Cl)=CCl)c(OC)c1. The predicted octanol–water partition coefficient (Wildman–Crippen LogP) is 3.67. The van der Waals surface area contributed by atoms with E-state index in [0.29, 0.717) is 16.5 Å². The van der Waals surface area contributed by atoms with E-state index in [-0.39, 0.29) is 12.6 Å². The van der Waals surface area contributed by atoms with E-state index in [0.717, 1.165) is 5.56 Å². The first-order chi connectivity index (χ1) is 8.62. The minimum atomic E-state index is 0.225. The van der Waals surface area contributed by atoms with Crippen LogP contribution in [0, 0.1) is 0 Å². The quantitative estimate of drug-likeness (QED) is 0.867. The Balaban J connectivity index is 2.86. The standard InChI is InChI=1S/C13H17Cl2NO2/c1-9(16-2)10-4-5-12(13(6-10)17-3)18-8-11(15)7-14/h4-7,9,16H,8H2,1-3H3. The molecule has 1 rings (SSSR count). The van der Waals surface area contributed by atoms with Crippen LogP contribution in [0.1, 0.15) is 18.5 Å². The van der Waals surface area contributed by atoms with Crippen LogP contribution in [0.4, 0.5) is 0 Å². The van der Waals surface area contributed by atoms with Crippen molar-refractivity contribution >= 4 is 23.2 Å². The van der Waals surface area contributed by atoms with Gasteiger partial charge in [-0.3, -0.25) is 0 Å². The van der Waals surface area contributed by atoms with Gasteiger partial charge in [-0.25, -0.2) is 0 Å². The van der Waals surface area contributed by atoms with E-state index in [1.54, 1.807) is 7.11 Å². The fourth-order valence-corrected chi connectivity index (χ4v) is 1.54. The van der Waals surface area contributed by atoms with E-state index in [1.807, 2.05) is 25.2 Å². The second kappa shape index (κ2) is 7.52. The molecular formula is C13H17Cl2NO2. The van der Waals surface area contributed by atoms with Gasteiger partial charge in [0.05, 0.1) is 12.1 Å². The summed E-state index contributed by atoms with van der Waals surface area (Å²) in [5, 5.41) is 3.60. The topological polar surface area (TPSA) is 30.5 Å². The van der Waals surface area contributed by atoms with Crippen molar-refractivity contribution < 1.29 is 9.47 Å². The zero-order valence-corrected chi connectivity index (χ0v) is 12.2. The lowest BCUT2D eigenvalue weighted by atomic mass is 10.1. The molecule has 0 heterocycles. The van der Waals surface area contributed by atoms with Crippen molar-refractivity contribution in [2.75, 3.05) is 20.8 Å². The van der Waals surface area contributed by atoms with Gasteiger partial charge in [0.15, 0.2) is 11.5 Å². The van der Waals surface area contributed by atoms with Gasteiger partial charge in [-0.1, -0.05) is 29.3 Å². The zero-order valence-electron chi connectivity index (χ0n) is 10.7. The summed E-state index contributed by atoms with van der Waals surface area (Å²) in [7, 11) is 3.52. The highest BCUT2D eigenvalue weighted by atomic mass is 35.5. The Morgan fingerprint density at radius 2 is 2.17 bits per heavy atom. The van der Waals surface area contributed by atoms with E-state index in [4.69, 9.17) is 32.7 Å². The van der Waals surface area contributed by atoms with Gasteiger partial charge >= 0.3 is 0 Å². The molecule has 0 aliphatic heterocycles. The maximum atomic E-state index is 5.77. The summed E-state index contributed by atoms with van der Waals surface area (Å²) in [6.45, 7) is 2.30. The van der Waals surface area contributed by atoms with Crippen LogP contribution in [0.15, 0.2) is 28.8 Å². The Morgan fingerprint density at radius 1 is 1.44 bits per heavy atom. The van der Waals surface area contributed by atoms with Crippen LogP contribution in [0.3, 0.4) is 0 Å². The second-order valence-electron chi connectivity index (χ2n) is 3.77. The van der Waals surface area contributed by atoms with Gasteiger partial charge in [0, 0.05) is 11.6 Å². The summed E-state index contributed by atoms with van der Waals surface area (Å²) < 4.78 is 10.8. The molecule has 0 saturated carbocycles. The Kier molecular flexibility index (Phi) is 6.33. The molecule has 0 saturated heterocycles. The van der Waals surface area contributed by atoms with E-state index in [2.05, 4.69) is 12.2 Å². The summed E-state index contributed by atoms with van der Waals surface area (Å²) in [4.78, 5) is 0. The van der Waals surface area contributed by atoms with Crippen LogP contribution < -0.4 is 14.8 Å². The monoisotopic (exact) mass is 289 g/mol. The van der Waals surface area contributed by atoms with Crippen molar-refractivity contribution in [1.82, 2.24) is 5.32 Å². The molecule has 0 amide bonds. The van der Waals surface area contributed by atoms with Crippen molar-refractivity contribution in [2.24, 2.45) is 0 Å². The summed E-state index contributed by atoms with van der Waals surface area (Å²) in [5.74, 6) is 1.31. The van der Waals surface area contributed by atoms with E-state index in [1.165, 1.54) is 5.54 Å². The van der Waals surface area contributed by atoms with Crippen LogP contribution in [0.2, 0.25) is 0 Å². The van der Waals surface area contributed by atoms with Crippen molar-refractivity contribution in [2.45, 2.75) is 13.0 Å². The van der Waals surface area contributed by atoms with Crippen LogP contribution in [0.5, 0.6) is 11.5 Å². The minimum absolute atomic E-state index is 0.225. The molecule has 0 aliphatic carbocycles. The number of ether oxygens (including phenoxy) is 2. The number of nitrogens with one attached hydrogen (secondary N) is 1. The molecule has 1 unspecified atom stereocenters. The zero-order chi connectivity index (χ0) is 13.5. The van der Waals surface area contributed by atoms with Gasteiger partial charge in [-0.15, -0.1) is 0 Å². The first-order valence-corrected chi connectivity index (χ1v) is 6.36. The highest BCUT2D eigenvalue weighted by Gasteiger charge is 2.09. The fraction of sp³-hybridized carbons (Fsp3) is 0.385. The third kappa shape index (κ3) is 4.09. The average Bonchev–Trinajstić information content (AvgIpc) is 2.43. The van der Waals surface area contributed by atoms with E-state index >= 15 is 0 Å². The first kappa shape index (κ1) is 15.2. The van der Waals surface area contributed by atoms with Gasteiger partial charge in [0.2, 0.25) is 0 Å². The van der Waals surface area contributed by atoms with E-state index in [9.17, 15) is 0 Å². The molecule has 1 aromatic carbocycles. The normalized spacial score (nSPS) is 13.3.